The van der Waals surface area contributed by atoms with Crippen molar-refractivity contribution in [2.24, 2.45) is 5.92 Å². The molecule has 0 unspecified atom stereocenters. The molecule has 2 rings (SSSR count). The van der Waals surface area contributed by atoms with E-state index in [9.17, 15) is 9.18 Å². The van der Waals surface area contributed by atoms with Gasteiger partial charge in [-0.05, 0) is 38.5 Å². The Hall–Kier alpha value is -1.11. The van der Waals surface area contributed by atoms with Crippen molar-refractivity contribution in [2.45, 2.75) is 50.2 Å². The fourth-order valence-electron chi connectivity index (χ4n) is 2.10. The molecule has 2 aliphatic rings. The zero-order valence-electron chi connectivity index (χ0n) is 8.63. The molecule has 1 N–H and O–H groups in total. The number of alkyl halides is 1. The Labute approximate surface area is 88.6 Å². The van der Waals surface area contributed by atoms with Gasteiger partial charge in [0.15, 0.2) is 0 Å². The SMILES string of the molecule is N#CC1(NC(=O)[C@H]2CCC[C@@H](F)C2)CC1. The van der Waals surface area contributed by atoms with Gasteiger partial charge in [-0.15, -0.1) is 0 Å². The number of amides is 1. The summed E-state index contributed by atoms with van der Waals surface area (Å²) in [6.07, 6.45) is 3.07. The standard InChI is InChI=1S/C11H15FN2O/c12-9-3-1-2-8(6-9)10(15)14-11(7-13)4-5-11/h8-9H,1-6H2,(H,14,15)/t8-,9+/m0/s1. The lowest BCUT2D eigenvalue weighted by Crippen LogP contribution is -2.41. The Bertz CT molecular complexity index is 306. The van der Waals surface area contributed by atoms with E-state index in [1.54, 1.807) is 0 Å². The van der Waals surface area contributed by atoms with Crippen LogP contribution in [0.2, 0.25) is 0 Å². The highest BCUT2D eigenvalue weighted by molar-refractivity contribution is 5.80. The molecule has 3 nitrogen and oxygen atoms in total. The molecule has 0 heterocycles. The van der Waals surface area contributed by atoms with Gasteiger partial charge < -0.3 is 5.32 Å². The molecular formula is C11H15FN2O. The van der Waals surface area contributed by atoms with Gasteiger partial charge in [-0.3, -0.25) is 4.79 Å². The van der Waals surface area contributed by atoms with Gasteiger partial charge in [-0.1, -0.05) is 0 Å². The number of nitrogens with zero attached hydrogens (tertiary/aromatic N) is 1. The normalized spacial score (nSPS) is 32.8. The maximum atomic E-state index is 13.1. The van der Waals surface area contributed by atoms with E-state index in [1.807, 2.05) is 0 Å². The summed E-state index contributed by atoms with van der Waals surface area (Å²) in [4.78, 5) is 11.7. The van der Waals surface area contributed by atoms with Crippen LogP contribution in [0.15, 0.2) is 0 Å². The molecule has 0 aliphatic heterocycles. The molecule has 0 aromatic rings. The topological polar surface area (TPSA) is 52.9 Å². The molecule has 1 amide bonds. The summed E-state index contributed by atoms with van der Waals surface area (Å²) in [6, 6.07) is 2.11. The van der Waals surface area contributed by atoms with E-state index in [2.05, 4.69) is 11.4 Å². The molecular weight excluding hydrogens is 195 g/mol. The van der Waals surface area contributed by atoms with Crippen molar-refractivity contribution in [1.82, 2.24) is 5.32 Å². The molecule has 0 radical (unpaired) electrons. The summed E-state index contributed by atoms with van der Waals surface area (Å²) < 4.78 is 13.1. The summed E-state index contributed by atoms with van der Waals surface area (Å²) in [5.74, 6) is -0.351. The third-order valence-electron chi connectivity index (χ3n) is 3.31. The average molecular weight is 210 g/mol. The number of carbonyl (C=O) groups excluding carboxylic acids is 1. The van der Waals surface area contributed by atoms with Crippen LogP contribution in [0.3, 0.4) is 0 Å². The monoisotopic (exact) mass is 210 g/mol. The van der Waals surface area contributed by atoms with E-state index in [1.165, 1.54) is 0 Å². The second-order valence-corrected chi connectivity index (χ2v) is 4.64. The van der Waals surface area contributed by atoms with Gasteiger partial charge in [0, 0.05) is 5.92 Å². The number of hydrogen-bond acceptors (Lipinski definition) is 2. The van der Waals surface area contributed by atoms with E-state index in [-0.39, 0.29) is 11.8 Å². The van der Waals surface area contributed by atoms with Gasteiger partial charge in [0.2, 0.25) is 5.91 Å². The predicted molar refractivity (Wildman–Crippen MR) is 52.6 cm³/mol. The van der Waals surface area contributed by atoms with E-state index in [4.69, 9.17) is 5.26 Å². The third kappa shape index (κ3) is 2.28. The lowest BCUT2D eigenvalue weighted by molar-refractivity contribution is -0.127. The van der Waals surface area contributed by atoms with Crippen LogP contribution in [0.5, 0.6) is 0 Å². The minimum absolute atomic E-state index is 0.128. The lowest BCUT2D eigenvalue weighted by atomic mass is 9.87. The Morgan fingerprint density at radius 2 is 2.20 bits per heavy atom. The van der Waals surface area contributed by atoms with E-state index in [0.29, 0.717) is 12.8 Å². The first-order chi connectivity index (χ1) is 7.15. The van der Waals surface area contributed by atoms with Crippen molar-refractivity contribution < 1.29 is 9.18 Å². The fourth-order valence-corrected chi connectivity index (χ4v) is 2.10. The minimum atomic E-state index is -0.841. The van der Waals surface area contributed by atoms with Gasteiger partial charge in [0.1, 0.15) is 11.7 Å². The van der Waals surface area contributed by atoms with Crippen LogP contribution >= 0.6 is 0 Å². The molecule has 2 atom stereocenters. The van der Waals surface area contributed by atoms with Crippen molar-refractivity contribution in [1.29, 1.82) is 5.26 Å². The molecule has 0 aromatic heterocycles. The first-order valence-corrected chi connectivity index (χ1v) is 5.52. The second kappa shape index (κ2) is 3.80. The van der Waals surface area contributed by atoms with Crippen LogP contribution in [0.1, 0.15) is 38.5 Å². The Kier molecular flexibility index (Phi) is 2.64. The molecule has 0 saturated heterocycles. The maximum absolute atomic E-state index is 13.1. The summed E-state index contributed by atoms with van der Waals surface area (Å²) in [7, 11) is 0. The average Bonchev–Trinajstić information content (AvgIpc) is 2.98. The number of halogens is 1. The summed E-state index contributed by atoms with van der Waals surface area (Å²) in [5.41, 5.74) is -0.611. The summed E-state index contributed by atoms with van der Waals surface area (Å²) in [6.45, 7) is 0. The smallest absolute Gasteiger partial charge is 0.224 e. The van der Waals surface area contributed by atoms with E-state index in [0.717, 1.165) is 25.7 Å². The number of carbonyl (C=O) groups is 1. The molecule has 82 valence electrons. The van der Waals surface area contributed by atoms with Gasteiger partial charge in [0.05, 0.1) is 6.07 Å². The van der Waals surface area contributed by atoms with Crippen molar-refractivity contribution in [2.75, 3.05) is 0 Å². The van der Waals surface area contributed by atoms with Gasteiger partial charge in [0.25, 0.3) is 0 Å². The van der Waals surface area contributed by atoms with Crippen molar-refractivity contribution in [3.05, 3.63) is 0 Å². The van der Waals surface area contributed by atoms with Crippen LogP contribution in [-0.4, -0.2) is 17.6 Å². The van der Waals surface area contributed by atoms with Crippen molar-refractivity contribution >= 4 is 5.91 Å². The lowest BCUT2D eigenvalue weighted by Gasteiger charge is -2.24. The van der Waals surface area contributed by atoms with E-state index < -0.39 is 11.7 Å². The predicted octanol–water partition coefficient (Wildman–Crippen LogP) is 1.69. The molecule has 0 bridgehead atoms. The number of nitriles is 1. The molecule has 15 heavy (non-hydrogen) atoms. The van der Waals surface area contributed by atoms with Crippen molar-refractivity contribution in [3.63, 3.8) is 0 Å². The van der Waals surface area contributed by atoms with E-state index >= 15 is 0 Å². The van der Waals surface area contributed by atoms with Crippen LogP contribution in [0.4, 0.5) is 4.39 Å². The third-order valence-corrected chi connectivity index (χ3v) is 3.31. The molecule has 2 fully saturated rings. The van der Waals surface area contributed by atoms with Gasteiger partial charge in [-0.2, -0.15) is 5.26 Å². The van der Waals surface area contributed by atoms with Crippen LogP contribution in [0.25, 0.3) is 0 Å². The molecule has 4 heteroatoms. The van der Waals surface area contributed by atoms with Crippen LogP contribution in [-0.2, 0) is 4.79 Å². The van der Waals surface area contributed by atoms with Gasteiger partial charge >= 0.3 is 0 Å². The highest BCUT2D eigenvalue weighted by Crippen LogP contribution is 2.35. The summed E-state index contributed by atoms with van der Waals surface area (Å²) >= 11 is 0. The van der Waals surface area contributed by atoms with Crippen LogP contribution in [0, 0.1) is 17.2 Å². The Morgan fingerprint density at radius 3 is 2.73 bits per heavy atom. The maximum Gasteiger partial charge on any atom is 0.224 e. The zero-order chi connectivity index (χ0) is 10.9. The second-order valence-electron chi connectivity index (χ2n) is 4.64. The minimum Gasteiger partial charge on any atom is -0.338 e. The fraction of sp³-hybridized carbons (Fsp3) is 0.818. The Balaban J connectivity index is 1.88. The van der Waals surface area contributed by atoms with Crippen molar-refractivity contribution in [3.8, 4) is 6.07 Å². The first kappa shape index (κ1) is 10.4. The number of hydrogen-bond donors (Lipinski definition) is 1. The van der Waals surface area contributed by atoms with Crippen LogP contribution < -0.4 is 5.32 Å². The molecule has 2 aliphatic carbocycles. The molecule has 0 spiro atoms. The molecule has 0 aromatic carbocycles. The highest BCUT2D eigenvalue weighted by Gasteiger charge is 2.45. The highest BCUT2D eigenvalue weighted by atomic mass is 19.1. The van der Waals surface area contributed by atoms with Gasteiger partial charge in [-0.25, -0.2) is 4.39 Å². The quantitative estimate of drug-likeness (QED) is 0.754. The first-order valence-electron chi connectivity index (χ1n) is 5.52. The Morgan fingerprint density at radius 1 is 1.47 bits per heavy atom. The number of nitrogens with one attached hydrogen (secondary N) is 1. The largest absolute Gasteiger partial charge is 0.338 e. The molecule has 2 saturated carbocycles. The number of rotatable bonds is 2. The zero-order valence-corrected chi connectivity index (χ0v) is 8.63. The summed E-state index contributed by atoms with van der Waals surface area (Å²) in [5, 5.41) is 11.6.